The van der Waals surface area contributed by atoms with Gasteiger partial charge in [-0.2, -0.15) is 0 Å². The molecule has 3 nitrogen and oxygen atoms in total. The van der Waals surface area contributed by atoms with Crippen molar-refractivity contribution in [1.82, 2.24) is 4.90 Å². The van der Waals surface area contributed by atoms with E-state index in [-0.39, 0.29) is 5.92 Å². The summed E-state index contributed by atoms with van der Waals surface area (Å²) in [5.41, 5.74) is 0. The summed E-state index contributed by atoms with van der Waals surface area (Å²) in [5.74, 6) is 0.0700. The van der Waals surface area contributed by atoms with E-state index in [1.54, 1.807) is 0 Å². The summed E-state index contributed by atoms with van der Waals surface area (Å²) in [7, 11) is 0. The van der Waals surface area contributed by atoms with Crippen LogP contribution in [0.3, 0.4) is 0 Å². The van der Waals surface area contributed by atoms with Gasteiger partial charge in [-0.05, 0) is 19.4 Å². The summed E-state index contributed by atoms with van der Waals surface area (Å²) in [6.07, 6.45) is 1.94. The van der Waals surface area contributed by atoms with E-state index >= 15 is 0 Å². The van der Waals surface area contributed by atoms with Crippen LogP contribution >= 0.6 is 0 Å². The average Bonchev–Trinajstić information content (AvgIpc) is 2.18. The molecule has 0 radical (unpaired) electrons. The zero-order valence-corrected chi connectivity index (χ0v) is 7.66. The molecule has 1 fully saturated rings. The maximum Gasteiger partial charge on any atom is 0.124 e. The number of carbonyl (C=O) groups is 1. The van der Waals surface area contributed by atoms with Gasteiger partial charge in [-0.1, -0.05) is 0 Å². The second kappa shape index (κ2) is 5.29. The van der Waals surface area contributed by atoms with Crippen molar-refractivity contribution < 1.29 is 14.3 Å². The molecule has 1 heterocycles. The van der Waals surface area contributed by atoms with Crippen LogP contribution in [0, 0.1) is 5.92 Å². The molecular weight excluding hydrogens is 173 g/mol. The summed E-state index contributed by atoms with van der Waals surface area (Å²) >= 11 is 0. The molecule has 2 atom stereocenters. The predicted molar refractivity (Wildman–Crippen MR) is 47.2 cm³/mol. The van der Waals surface area contributed by atoms with Gasteiger partial charge < -0.3 is 9.90 Å². The molecule has 1 saturated heterocycles. The Morgan fingerprint density at radius 1 is 1.69 bits per heavy atom. The van der Waals surface area contributed by atoms with Gasteiger partial charge in [0.05, 0.1) is 6.10 Å². The van der Waals surface area contributed by atoms with Crippen molar-refractivity contribution in [2.75, 3.05) is 26.3 Å². The lowest BCUT2D eigenvalue weighted by molar-refractivity contribution is -0.112. The number of aliphatic hydroxyl groups is 1. The van der Waals surface area contributed by atoms with Gasteiger partial charge in [0.25, 0.3) is 0 Å². The second-order valence-corrected chi connectivity index (χ2v) is 3.61. The summed E-state index contributed by atoms with van der Waals surface area (Å²) in [6.45, 7) is 1.17. The minimum atomic E-state index is -0.898. The first kappa shape index (κ1) is 10.6. The molecule has 0 aliphatic carbocycles. The van der Waals surface area contributed by atoms with E-state index in [9.17, 15) is 9.18 Å². The third-order valence-electron chi connectivity index (χ3n) is 2.38. The molecule has 1 rings (SSSR count). The van der Waals surface area contributed by atoms with Crippen molar-refractivity contribution in [3.63, 3.8) is 0 Å². The topological polar surface area (TPSA) is 40.5 Å². The molecule has 0 aromatic carbocycles. The van der Waals surface area contributed by atoms with Crippen LogP contribution in [0.15, 0.2) is 0 Å². The van der Waals surface area contributed by atoms with Crippen LogP contribution in [0.25, 0.3) is 0 Å². The number of carbonyl (C=O) groups excluding carboxylic acids is 1. The molecule has 1 N–H and O–H groups in total. The van der Waals surface area contributed by atoms with E-state index < -0.39 is 12.8 Å². The smallest absolute Gasteiger partial charge is 0.124 e. The van der Waals surface area contributed by atoms with Crippen LogP contribution in [0.1, 0.15) is 12.8 Å². The Hall–Kier alpha value is -0.480. The lowest BCUT2D eigenvalue weighted by Gasteiger charge is -2.30. The van der Waals surface area contributed by atoms with E-state index in [1.165, 1.54) is 0 Å². The number of hydrogen-bond acceptors (Lipinski definition) is 3. The number of alkyl halides is 1. The van der Waals surface area contributed by atoms with Crippen LogP contribution in [0.5, 0.6) is 0 Å². The highest BCUT2D eigenvalue weighted by Gasteiger charge is 2.20. The summed E-state index contributed by atoms with van der Waals surface area (Å²) < 4.78 is 12.0. The first-order valence-electron chi connectivity index (χ1n) is 4.68. The monoisotopic (exact) mass is 189 g/mol. The fourth-order valence-electron chi connectivity index (χ4n) is 1.72. The lowest BCUT2D eigenvalue weighted by Crippen LogP contribution is -2.41. The second-order valence-electron chi connectivity index (χ2n) is 3.61. The molecule has 1 aliphatic heterocycles. The predicted octanol–water partition coefficient (Wildman–Crippen LogP) is 0.228. The summed E-state index contributed by atoms with van der Waals surface area (Å²) in [6, 6.07) is 0. The quantitative estimate of drug-likeness (QED) is 0.643. The van der Waals surface area contributed by atoms with E-state index in [1.807, 2.05) is 4.90 Å². The van der Waals surface area contributed by atoms with Crippen molar-refractivity contribution >= 4 is 6.29 Å². The number of aliphatic hydroxyl groups excluding tert-OH is 1. The molecule has 4 heteroatoms. The average molecular weight is 189 g/mol. The minimum absolute atomic E-state index is 0.0700. The van der Waals surface area contributed by atoms with Crippen LogP contribution in [-0.2, 0) is 4.79 Å². The number of halogens is 1. The number of nitrogens with zero attached hydrogens (tertiary/aromatic N) is 1. The van der Waals surface area contributed by atoms with Gasteiger partial charge >= 0.3 is 0 Å². The molecule has 76 valence electrons. The van der Waals surface area contributed by atoms with E-state index in [0.29, 0.717) is 13.1 Å². The fourth-order valence-corrected chi connectivity index (χ4v) is 1.72. The van der Waals surface area contributed by atoms with Crippen LogP contribution in [-0.4, -0.2) is 48.7 Å². The highest BCUT2D eigenvalue weighted by atomic mass is 19.1. The molecule has 0 saturated carbocycles. The Morgan fingerprint density at radius 3 is 3.08 bits per heavy atom. The van der Waals surface area contributed by atoms with Gasteiger partial charge in [0, 0.05) is 19.0 Å². The summed E-state index contributed by atoms with van der Waals surface area (Å²) in [5, 5.41) is 9.06. The van der Waals surface area contributed by atoms with Gasteiger partial charge in [0.1, 0.15) is 13.0 Å². The van der Waals surface area contributed by atoms with Crippen molar-refractivity contribution in [2.24, 2.45) is 5.92 Å². The van der Waals surface area contributed by atoms with Crippen molar-refractivity contribution in [3.8, 4) is 0 Å². The first-order chi connectivity index (χ1) is 6.26. The number of hydrogen-bond donors (Lipinski definition) is 1. The van der Waals surface area contributed by atoms with Gasteiger partial charge in [0.15, 0.2) is 0 Å². The number of likely N-dealkylation sites (tertiary alicyclic amines) is 1. The van der Waals surface area contributed by atoms with Gasteiger partial charge in [-0.25, -0.2) is 4.39 Å². The van der Waals surface area contributed by atoms with Gasteiger partial charge in [-0.15, -0.1) is 0 Å². The number of rotatable bonds is 4. The molecule has 0 bridgehead atoms. The Bertz CT molecular complexity index is 166. The fraction of sp³-hybridized carbons (Fsp3) is 0.889. The van der Waals surface area contributed by atoms with Crippen molar-refractivity contribution in [2.45, 2.75) is 18.9 Å². The number of aldehydes is 1. The molecule has 2 unspecified atom stereocenters. The Kier molecular flexibility index (Phi) is 4.32. The van der Waals surface area contributed by atoms with Crippen LogP contribution < -0.4 is 0 Å². The Balaban J connectivity index is 2.29. The largest absolute Gasteiger partial charge is 0.389 e. The normalized spacial score (nSPS) is 27.1. The molecule has 0 aromatic heterocycles. The molecule has 1 aliphatic rings. The molecular formula is C9H16FNO2. The lowest BCUT2D eigenvalue weighted by atomic mass is 9.99. The molecule has 0 aromatic rings. The third kappa shape index (κ3) is 3.40. The van der Waals surface area contributed by atoms with E-state index in [2.05, 4.69) is 0 Å². The minimum Gasteiger partial charge on any atom is -0.389 e. The zero-order chi connectivity index (χ0) is 9.68. The van der Waals surface area contributed by atoms with E-state index in [4.69, 9.17) is 5.11 Å². The third-order valence-corrected chi connectivity index (χ3v) is 2.38. The van der Waals surface area contributed by atoms with Crippen LogP contribution in [0.4, 0.5) is 4.39 Å². The Morgan fingerprint density at radius 2 is 2.46 bits per heavy atom. The summed E-state index contributed by atoms with van der Waals surface area (Å²) in [4.78, 5) is 12.4. The maximum absolute atomic E-state index is 12.0. The first-order valence-corrected chi connectivity index (χ1v) is 4.68. The zero-order valence-electron chi connectivity index (χ0n) is 7.66. The molecule has 0 spiro atoms. The number of piperidine rings is 1. The van der Waals surface area contributed by atoms with Crippen molar-refractivity contribution in [3.05, 3.63) is 0 Å². The van der Waals surface area contributed by atoms with Gasteiger partial charge in [0.2, 0.25) is 0 Å². The molecule has 0 amide bonds. The van der Waals surface area contributed by atoms with E-state index in [0.717, 1.165) is 25.7 Å². The standard InChI is InChI=1S/C9H16FNO2/c10-4-9(13)6-11-3-1-2-8(5-11)7-12/h7-9,13H,1-6H2. The number of β-amino-alcohol motifs (C(OH)–C–C–N with tert-alkyl or cyclic N) is 1. The Labute approximate surface area is 77.5 Å². The highest BCUT2D eigenvalue weighted by molar-refractivity contribution is 5.53. The molecule has 13 heavy (non-hydrogen) atoms. The van der Waals surface area contributed by atoms with Gasteiger partial charge in [-0.3, -0.25) is 4.90 Å². The maximum atomic E-state index is 12.0. The SMILES string of the molecule is O=CC1CCCN(CC(O)CF)C1. The highest BCUT2D eigenvalue weighted by Crippen LogP contribution is 2.14. The van der Waals surface area contributed by atoms with Crippen molar-refractivity contribution in [1.29, 1.82) is 0 Å². The van der Waals surface area contributed by atoms with Crippen LogP contribution in [0.2, 0.25) is 0 Å².